The molecule has 0 saturated heterocycles. The number of aryl methyl sites for hydroxylation is 1. The van der Waals surface area contributed by atoms with Crippen LogP contribution in [0.5, 0.6) is 5.75 Å². The fourth-order valence-electron chi connectivity index (χ4n) is 2.79. The number of carbonyl (C=O) groups excluding carboxylic acids is 1. The minimum absolute atomic E-state index is 0.400. The third-order valence-electron chi connectivity index (χ3n) is 4.35. The summed E-state index contributed by atoms with van der Waals surface area (Å²) in [6.07, 6.45) is 1.09. The van der Waals surface area contributed by atoms with E-state index in [-0.39, 0.29) is 0 Å². The maximum absolute atomic E-state index is 12.8. The number of carbonyl (C=O) groups is 1. The first-order valence-corrected chi connectivity index (χ1v) is 10.6. The van der Waals surface area contributed by atoms with Crippen LogP contribution in [0.3, 0.4) is 0 Å². The van der Waals surface area contributed by atoms with Crippen molar-refractivity contribution < 1.29 is 17.9 Å². The van der Waals surface area contributed by atoms with Gasteiger partial charge in [-0.2, -0.15) is 0 Å². The Kier molecular flexibility index (Phi) is 6.49. The van der Waals surface area contributed by atoms with Crippen LogP contribution in [0.1, 0.15) is 25.0 Å². The zero-order chi connectivity index (χ0) is 20.2. The fraction of sp³-hybridized carbons (Fsp3) is 0.350. The molecule has 27 heavy (non-hydrogen) atoms. The van der Waals surface area contributed by atoms with Crippen LogP contribution >= 0.6 is 0 Å². The molecular weight excluding hydrogens is 364 g/mol. The number of ether oxygens (including phenoxy) is 1. The van der Waals surface area contributed by atoms with E-state index in [4.69, 9.17) is 4.74 Å². The lowest BCUT2D eigenvalue weighted by molar-refractivity contribution is -0.116. The van der Waals surface area contributed by atoms with Crippen molar-refractivity contribution in [3.8, 4) is 5.75 Å². The molecule has 0 aromatic heterocycles. The SMILES string of the molecule is CCOc1ccc(N(C(C)C(=O)Nc2cccc(C)c2C)S(C)(=O)=O)cc1. The lowest BCUT2D eigenvalue weighted by Gasteiger charge is -2.28. The Morgan fingerprint density at radius 1 is 1.15 bits per heavy atom. The maximum atomic E-state index is 12.8. The van der Waals surface area contributed by atoms with Crippen LogP contribution in [0.4, 0.5) is 11.4 Å². The summed E-state index contributed by atoms with van der Waals surface area (Å²) in [4.78, 5) is 12.8. The molecule has 2 rings (SSSR count). The minimum Gasteiger partial charge on any atom is -0.494 e. The summed E-state index contributed by atoms with van der Waals surface area (Å²) in [5.74, 6) is 0.241. The lowest BCUT2D eigenvalue weighted by Crippen LogP contribution is -2.45. The number of anilines is 2. The van der Waals surface area contributed by atoms with E-state index < -0.39 is 22.0 Å². The highest BCUT2D eigenvalue weighted by Gasteiger charge is 2.29. The first kappa shape index (κ1) is 20.8. The second-order valence-electron chi connectivity index (χ2n) is 6.40. The molecule has 0 aliphatic heterocycles. The molecule has 1 N–H and O–H groups in total. The monoisotopic (exact) mass is 390 g/mol. The van der Waals surface area contributed by atoms with Crippen LogP contribution in [-0.4, -0.2) is 33.2 Å². The van der Waals surface area contributed by atoms with Gasteiger partial charge in [-0.15, -0.1) is 0 Å². The van der Waals surface area contributed by atoms with Crippen LogP contribution in [0.2, 0.25) is 0 Å². The molecule has 0 saturated carbocycles. The zero-order valence-corrected chi connectivity index (χ0v) is 17.1. The molecule has 1 unspecified atom stereocenters. The number of benzene rings is 2. The van der Waals surface area contributed by atoms with Gasteiger partial charge < -0.3 is 10.1 Å². The normalized spacial score (nSPS) is 12.3. The summed E-state index contributed by atoms with van der Waals surface area (Å²) in [5, 5.41) is 2.84. The summed E-state index contributed by atoms with van der Waals surface area (Å²) >= 11 is 0. The molecular formula is C20H26N2O4S. The van der Waals surface area contributed by atoms with Crippen molar-refractivity contribution in [3.63, 3.8) is 0 Å². The van der Waals surface area contributed by atoms with Crippen molar-refractivity contribution in [1.82, 2.24) is 0 Å². The summed E-state index contributed by atoms with van der Waals surface area (Å²) in [6.45, 7) is 7.83. The number of sulfonamides is 1. The van der Waals surface area contributed by atoms with E-state index in [1.54, 1.807) is 37.3 Å². The highest BCUT2D eigenvalue weighted by Crippen LogP contribution is 2.25. The van der Waals surface area contributed by atoms with Crippen LogP contribution < -0.4 is 14.4 Å². The van der Waals surface area contributed by atoms with Crippen molar-refractivity contribution in [3.05, 3.63) is 53.6 Å². The highest BCUT2D eigenvalue weighted by molar-refractivity contribution is 7.92. The summed E-state index contributed by atoms with van der Waals surface area (Å²) in [7, 11) is -3.67. The van der Waals surface area contributed by atoms with Gasteiger partial charge in [0.1, 0.15) is 11.8 Å². The maximum Gasteiger partial charge on any atom is 0.248 e. The zero-order valence-electron chi connectivity index (χ0n) is 16.3. The molecule has 7 heteroatoms. The predicted molar refractivity (Wildman–Crippen MR) is 109 cm³/mol. The Bertz CT molecular complexity index is 908. The number of hydrogen-bond donors (Lipinski definition) is 1. The van der Waals surface area contributed by atoms with Crippen LogP contribution in [0, 0.1) is 13.8 Å². The van der Waals surface area contributed by atoms with E-state index >= 15 is 0 Å². The average molecular weight is 391 g/mol. The highest BCUT2D eigenvalue weighted by atomic mass is 32.2. The van der Waals surface area contributed by atoms with Gasteiger partial charge in [0.25, 0.3) is 0 Å². The predicted octanol–water partition coefficient (Wildman–Crippen LogP) is 3.50. The second kappa shape index (κ2) is 8.43. The van der Waals surface area contributed by atoms with Crippen molar-refractivity contribution in [2.75, 3.05) is 22.5 Å². The quantitative estimate of drug-likeness (QED) is 0.785. The van der Waals surface area contributed by atoms with E-state index in [9.17, 15) is 13.2 Å². The summed E-state index contributed by atoms with van der Waals surface area (Å²) in [5.41, 5.74) is 3.08. The Hall–Kier alpha value is -2.54. The average Bonchev–Trinajstić information content (AvgIpc) is 2.59. The topological polar surface area (TPSA) is 75.7 Å². The van der Waals surface area contributed by atoms with E-state index in [2.05, 4.69) is 5.32 Å². The lowest BCUT2D eigenvalue weighted by atomic mass is 10.1. The fourth-order valence-corrected chi connectivity index (χ4v) is 3.96. The molecule has 1 amide bonds. The summed E-state index contributed by atoms with van der Waals surface area (Å²) in [6, 6.07) is 11.3. The first-order chi connectivity index (χ1) is 12.6. The molecule has 0 bridgehead atoms. The van der Waals surface area contributed by atoms with Crippen molar-refractivity contribution in [2.45, 2.75) is 33.7 Å². The number of amides is 1. The molecule has 0 spiro atoms. The molecule has 2 aromatic rings. The van der Waals surface area contributed by atoms with Crippen LogP contribution in [-0.2, 0) is 14.8 Å². The van der Waals surface area contributed by atoms with Gasteiger partial charge in [-0.25, -0.2) is 8.42 Å². The minimum atomic E-state index is -3.67. The largest absolute Gasteiger partial charge is 0.494 e. The molecule has 0 aliphatic rings. The molecule has 0 aliphatic carbocycles. The first-order valence-electron chi connectivity index (χ1n) is 8.74. The van der Waals surface area contributed by atoms with Gasteiger partial charge in [-0.05, 0) is 69.2 Å². The molecule has 0 fully saturated rings. The van der Waals surface area contributed by atoms with Gasteiger partial charge >= 0.3 is 0 Å². The molecule has 146 valence electrons. The Morgan fingerprint density at radius 3 is 2.33 bits per heavy atom. The molecule has 0 radical (unpaired) electrons. The molecule has 6 nitrogen and oxygen atoms in total. The number of nitrogens with zero attached hydrogens (tertiary/aromatic N) is 1. The smallest absolute Gasteiger partial charge is 0.248 e. The van der Waals surface area contributed by atoms with Gasteiger partial charge in [-0.3, -0.25) is 9.10 Å². The number of nitrogens with one attached hydrogen (secondary N) is 1. The van der Waals surface area contributed by atoms with E-state index in [1.807, 2.05) is 32.9 Å². The van der Waals surface area contributed by atoms with Crippen LogP contribution in [0.15, 0.2) is 42.5 Å². The van der Waals surface area contributed by atoms with Crippen molar-refractivity contribution in [1.29, 1.82) is 0 Å². The van der Waals surface area contributed by atoms with Crippen molar-refractivity contribution in [2.24, 2.45) is 0 Å². The Balaban J connectivity index is 2.30. The third-order valence-corrected chi connectivity index (χ3v) is 5.59. The van der Waals surface area contributed by atoms with Crippen molar-refractivity contribution >= 4 is 27.3 Å². The van der Waals surface area contributed by atoms with Crippen LogP contribution in [0.25, 0.3) is 0 Å². The Labute approximate surface area is 161 Å². The van der Waals surface area contributed by atoms with E-state index in [0.29, 0.717) is 23.7 Å². The van der Waals surface area contributed by atoms with Gasteiger partial charge in [0.05, 0.1) is 18.6 Å². The van der Waals surface area contributed by atoms with E-state index in [0.717, 1.165) is 21.7 Å². The molecule has 0 heterocycles. The molecule has 1 atom stereocenters. The van der Waals surface area contributed by atoms with Gasteiger partial charge in [0.2, 0.25) is 15.9 Å². The Morgan fingerprint density at radius 2 is 1.78 bits per heavy atom. The number of hydrogen-bond acceptors (Lipinski definition) is 4. The van der Waals surface area contributed by atoms with E-state index in [1.165, 1.54) is 0 Å². The number of rotatable bonds is 7. The standard InChI is InChI=1S/C20H26N2O4S/c1-6-26-18-12-10-17(11-13-18)22(27(5,24)25)16(4)20(23)21-19-9-7-8-14(2)15(19)3/h7-13,16H,6H2,1-5H3,(H,21,23). The third kappa shape index (κ3) is 5.01. The van der Waals surface area contributed by atoms with Gasteiger partial charge in [0, 0.05) is 5.69 Å². The van der Waals surface area contributed by atoms with Gasteiger partial charge in [0.15, 0.2) is 0 Å². The summed E-state index contributed by atoms with van der Waals surface area (Å²) < 4.78 is 31.3. The van der Waals surface area contributed by atoms with Gasteiger partial charge in [-0.1, -0.05) is 12.1 Å². The second-order valence-corrected chi connectivity index (χ2v) is 8.26. The molecule has 2 aromatic carbocycles.